The smallest absolute Gasteiger partial charge is 0.264 e. The van der Waals surface area contributed by atoms with Crippen LogP contribution >= 0.6 is 0 Å². The van der Waals surface area contributed by atoms with Crippen molar-refractivity contribution in [2.24, 2.45) is 0 Å². The summed E-state index contributed by atoms with van der Waals surface area (Å²) < 4.78 is 0. The van der Waals surface area contributed by atoms with E-state index in [0.717, 1.165) is 0 Å². The Morgan fingerprint density at radius 2 is 1.12 bits per heavy atom. The third-order valence-corrected chi connectivity index (χ3v) is 5.01. The molecule has 0 aliphatic rings. The number of nitrogens with zero attached hydrogens (tertiary/aromatic N) is 2. The fourth-order valence-corrected chi connectivity index (χ4v) is 4.07. The van der Waals surface area contributed by atoms with Crippen molar-refractivity contribution in [3.8, 4) is 0 Å². The monoisotopic (exact) mass is 356 g/mol. The summed E-state index contributed by atoms with van der Waals surface area (Å²) in [5, 5.41) is 25.0. The second-order valence-corrected chi connectivity index (χ2v) is 6.49. The van der Waals surface area contributed by atoms with Gasteiger partial charge in [-0.25, -0.2) is 0 Å². The van der Waals surface area contributed by atoms with Gasteiger partial charge in [0, 0.05) is 33.8 Å². The molecule has 0 amide bonds. The normalized spacial score (nSPS) is 11.9. The van der Waals surface area contributed by atoms with Crippen molar-refractivity contribution < 1.29 is 9.85 Å². The first-order chi connectivity index (χ1) is 12.5. The second kappa shape index (κ2) is 8.08. The maximum Gasteiger partial charge on any atom is 0.340 e. The molecule has 2 rings (SSSR count). The van der Waals surface area contributed by atoms with E-state index in [1.807, 2.05) is 13.8 Å². The first kappa shape index (κ1) is 19.6. The van der Waals surface area contributed by atoms with Gasteiger partial charge in [-0.2, -0.15) is 0 Å². The van der Waals surface area contributed by atoms with E-state index in [0.29, 0.717) is 24.0 Å². The van der Waals surface area contributed by atoms with Crippen LogP contribution in [0, 0.1) is 20.2 Å². The average Bonchev–Trinajstić information content (AvgIpc) is 2.64. The van der Waals surface area contributed by atoms with Crippen LogP contribution in [0.4, 0.5) is 0 Å². The lowest BCUT2D eigenvalue weighted by molar-refractivity contribution is -0.687. The van der Waals surface area contributed by atoms with Gasteiger partial charge in [-0.05, 0) is 12.8 Å². The third kappa shape index (κ3) is 2.96. The molecule has 0 radical (unpaired) electrons. The van der Waals surface area contributed by atoms with Gasteiger partial charge in [-0.15, -0.1) is 0 Å². The molecule has 26 heavy (non-hydrogen) atoms. The van der Waals surface area contributed by atoms with Crippen molar-refractivity contribution in [2.45, 2.75) is 50.6 Å². The molecule has 0 saturated carbocycles. The lowest BCUT2D eigenvalue weighted by atomic mass is 9.64. The molecule has 138 valence electrons. The molecule has 0 aliphatic heterocycles. The van der Waals surface area contributed by atoms with E-state index < -0.39 is 20.9 Å². The van der Waals surface area contributed by atoms with E-state index in [1.54, 1.807) is 60.7 Å². The number of hydrogen-bond donors (Lipinski definition) is 0. The van der Waals surface area contributed by atoms with Crippen LogP contribution in [0.3, 0.4) is 0 Å². The number of benzene rings is 2. The second-order valence-electron chi connectivity index (χ2n) is 6.49. The van der Waals surface area contributed by atoms with Gasteiger partial charge in [-0.3, -0.25) is 20.2 Å². The van der Waals surface area contributed by atoms with Gasteiger partial charge in [0.1, 0.15) is 0 Å². The van der Waals surface area contributed by atoms with Gasteiger partial charge < -0.3 is 0 Å². The zero-order chi connectivity index (χ0) is 19.2. The molecule has 0 fully saturated rings. The molecule has 2 aromatic carbocycles. The van der Waals surface area contributed by atoms with Crippen molar-refractivity contribution in [3.05, 3.63) is 92.0 Å². The van der Waals surface area contributed by atoms with Crippen LogP contribution in [0.1, 0.15) is 50.7 Å². The number of nitro groups is 2. The van der Waals surface area contributed by atoms with Gasteiger partial charge in [-0.1, -0.05) is 74.5 Å². The Hall–Kier alpha value is -2.76. The Labute approximate surface area is 153 Å². The van der Waals surface area contributed by atoms with Gasteiger partial charge >= 0.3 is 5.54 Å². The maximum absolute atomic E-state index is 12.6. The van der Waals surface area contributed by atoms with Crippen LogP contribution < -0.4 is 0 Å². The summed E-state index contributed by atoms with van der Waals surface area (Å²) in [7, 11) is 0. The standard InChI is InChI=1S/C20H24N2O4/c1-3-15-19(16-4-2,21(23)24)20(22(25)26,17-11-7-5-8-12-17)18-13-9-6-10-14-18/h5-14H,3-4,15-16H2,1-2H3. The molecule has 2 aromatic rings. The lowest BCUT2D eigenvalue weighted by Gasteiger charge is -2.38. The highest BCUT2D eigenvalue weighted by Gasteiger charge is 2.71. The van der Waals surface area contributed by atoms with Crippen molar-refractivity contribution in [3.63, 3.8) is 0 Å². The Balaban J connectivity index is 2.98. The van der Waals surface area contributed by atoms with E-state index in [9.17, 15) is 20.2 Å². The van der Waals surface area contributed by atoms with Gasteiger partial charge in [0.2, 0.25) is 0 Å². The highest BCUT2D eigenvalue weighted by Crippen LogP contribution is 2.49. The van der Waals surface area contributed by atoms with Gasteiger partial charge in [0.05, 0.1) is 0 Å². The quantitative estimate of drug-likeness (QED) is 0.476. The fraction of sp³-hybridized carbons (Fsp3) is 0.400. The van der Waals surface area contributed by atoms with Gasteiger partial charge in [0.15, 0.2) is 0 Å². The van der Waals surface area contributed by atoms with Crippen molar-refractivity contribution >= 4 is 0 Å². The molecular formula is C20H24N2O4. The Bertz CT molecular complexity index is 701. The molecule has 0 bridgehead atoms. The van der Waals surface area contributed by atoms with E-state index in [-0.39, 0.29) is 12.8 Å². The molecule has 0 unspecified atom stereocenters. The molecule has 6 heteroatoms. The number of rotatable bonds is 9. The molecule has 0 atom stereocenters. The minimum atomic E-state index is -1.95. The van der Waals surface area contributed by atoms with Crippen LogP contribution in [-0.4, -0.2) is 15.4 Å². The molecule has 0 N–H and O–H groups in total. The number of hydrogen-bond acceptors (Lipinski definition) is 4. The predicted octanol–water partition coefficient (Wildman–Crippen LogP) is 4.82. The van der Waals surface area contributed by atoms with E-state index >= 15 is 0 Å². The van der Waals surface area contributed by atoms with E-state index in [1.165, 1.54) is 0 Å². The highest BCUT2D eigenvalue weighted by molar-refractivity contribution is 5.40. The zero-order valence-electron chi connectivity index (χ0n) is 15.1. The third-order valence-electron chi connectivity index (χ3n) is 5.01. The Kier molecular flexibility index (Phi) is 6.08. The Morgan fingerprint density at radius 3 is 1.38 bits per heavy atom. The van der Waals surface area contributed by atoms with Gasteiger partial charge in [0.25, 0.3) is 5.54 Å². The summed E-state index contributed by atoms with van der Waals surface area (Å²) in [5.74, 6) is 0. The maximum atomic E-state index is 12.6. The first-order valence-corrected chi connectivity index (χ1v) is 8.87. The molecular weight excluding hydrogens is 332 g/mol. The van der Waals surface area contributed by atoms with Crippen molar-refractivity contribution in [1.82, 2.24) is 0 Å². The predicted molar refractivity (Wildman–Crippen MR) is 100 cm³/mol. The van der Waals surface area contributed by atoms with Crippen molar-refractivity contribution in [2.75, 3.05) is 0 Å². The van der Waals surface area contributed by atoms with Crippen LogP contribution in [-0.2, 0) is 5.54 Å². The summed E-state index contributed by atoms with van der Waals surface area (Å²) in [6, 6.07) is 16.8. The molecule has 0 saturated heterocycles. The molecule has 0 heterocycles. The van der Waals surface area contributed by atoms with E-state index in [2.05, 4.69) is 0 Å². The SMILES string of the molecule is CCCC(CCC)([N+](=O)[O-])C(c1ccccc1)(c1ccccc1)[N+](=O)[O-]. The lowest BCUT2D eigenvalue weighted by Crippen LogP contribution is -2.61. The molecule has 6 nitrogen and oxygen atoms in total. The molecule has 0 aromatic heterocycles. The fourth-order valence-electron chi connectivity index (χ4n) is 4.07. The Morgan fingerprint density at radius 1 is 0.731 bits per heavy atom. The summed E-state index contributed by atoms with van der Waals surface area (Å²) in [6.07, 6.45) is 1.21. The largest absolute Gasteiger partial charge is 0.340 e. The molecule has 0 aliphatic carbocycles. The average molecular weight is 356 g/mol. The molecule has 0 spiro atoms. The first-order valence-electron chi connectivity index (χ1n) is 8.87. The summed E-state index contributed by atoms with van der Waals surface area (Å²) >= 11 is 0. The van der Waals surface area contributed by atoms with Crippen LogP contribution in [0.2, 0.25) is 0 Å². The topological polar surface area (TPSA) is 86.3 Å². The summed E-state index contributed by atoms with van der Waals surface area (Å²) in [4.78, 5) is 24.2. The minimum Gasteiger partial charge on any atom is -0.264 e. The van der Waals surface area contributed by atoms with Crippen molar-refractivity contribution in [1.29, 1.82) is 0 Å². The summed E-state index contributed by atoms with van der Waals surface area (Å²) in [6.45, 7) is 3.66. The summed E-state index contributed by atoms with van der Waals surface area (Å²) in [5.41, 5.74) is -3.00. The zero-order valence-corrected chi connectivity index (χ0v) is 15.1. The van der Waals surface area contributed by atoms with Crippen LogP contribution in [0.25, 0.3) is 0 Å². The van der Waals surface area contributed by atoms with Crippen LogP contribution in [0.15, 0.2) is 60.7 Å². The van der Waals surface area contributed by atoms with E-state index in [4.69, 9.17) is 0 Å². The van der Waals surface area contributed by atoms with Crippen LogP contribution in [0.5, 0.6) is 0 Å². The highest BCUT2D eigenvalue weighted by atomic mass is 16.6. The minimum absolute atomic E-state index is 0.124.